The Morgan fingerprint density at radius 2 is 1.94 bits per heavy atom. The molecule has 0 aliphatic carbocycles. The van der Waals surface area contributed by atoms with Gasteiger partial charge in [-0.1, -0.05) is 47.2 Å². The van der Waals surface area contributed by atoms with Crippen molar-refractivity contribution in [1.82, 2.24) is 4.31 Å². The predicted octanol–water partition coefficient (Wildman–Crippen LogP) is 2.83. The highest BCUT2D eigenvalue weighted by Crippen LogP contribution is 2.31. The van der Waals surface area contributed by atoms with Crippen LogP contribution in [0.15, 0.2) is 29.2 Å². The number of hydrogen-bond donors (Lipinski definition) is 0. The van der Waals surface area contributed by atoms with Crippen LogP contribution < -0.4 is 0 Å². The van der Waals surface area contributed by atoms with E-state index in [1.165, 1.54) is 0 Å². The Bertz CT molecular complexity index is 512. The monoisotopic (exact) mass is 379 g/mol. The van der Waals surface area contributed by atoms with E-state index in [0.29, 0.717) is 17.4 Å². The van der Waals surface area contributed by atoms with Crippen molar-refractivity contribution in [2.45, 2.75) is 31.2 Å². The summed E-state index contributed by atoms with van der Waals surface area (Å²) >= 11 is 2.28. The van der Waals surface area contributed by atoms with E-state index in [4.69, 9.17) is 0 Å². The van der Waals surface area contributed by atoms with Crippen LogP contribution in [0, 0.1) is 12.8 Å². The Kier molecular flexibility index (Phi) is 4.33. The zero-order valence-electron chi connectivity index (χ0n) is 10.6. The maximum atomic E-state index is 12.6. The third-order valence-electron chi connectivity index (χ3n) is 3.62. The lowest BCUT2D eigenvalue weighted by atomic mass is 10.1. The molecule has 3 nitrogen and oxygen atoms in total. The quantitative estimate of drug-likeness (QED) is 0.598. The van der Waals surface area contributed by atoms with Gasteiger partial charge in [0, 0.05) is 17.0 Å². The summed E-state index contributed by atoms with van der Waals surface area (Å²) in [4.78, 5) is 0.414. The van der Waals surface area contributed by atoms with E-state index in [1.54, 1.807) is 16.4 Å². The first-order chi connectivity index (χ1) is 8.46. The third-order valence-corrected chi connectivity index (χ3v) is 6.46. The van der Waals surface area contributed by atoms with Gasteiger partial charge in [0.25, 0.3) is 0 Å². The van der Waals surface area contributed by atoms with Gasteiger partial charge in [-0.25, -0.2) is 8.42 Å². The molecule has 2 atom stereocenters. The summed E-state index contributed by atoms with van der Waals surface area (Å²) in [5.74, 6) is 0.446. The van der Waals surface area contributed by atoms with Crippen LogP contribution in [-0.4, -0.2) is 29.7 Å². The molecule has 0 radical (unpaired) electrons. The Morgan fingerprint density at radius 1 is 1.33 bits per heavy atom. The second-order valence-electron chi connectivity index (χ2n) is 4.92. The van der Waals surface area contributed by atoms with Gasteiger partial charge in [0.2, 0.25) is 10.0 Å². The minimum absolute atomic E-state index is 0.136. The molecule has 1 aliphatic rings. The van der Waals surface area contributed by atoms with E-state index < -0.39 is 10.0 Å². The lowest BCUT2D eigenvalue weighted by Crippen LogP contribution is -2.38. The number of hydrogen-bond acceptors (Lipinski definition) is 2. The number of alkyl halides is 1. The Balaban J connectivity index is 2.34. The average molecular weight is 379 g/mol. The molecule has 0 N–H and O–H groups in total. The summed E-state index contributed by atoms with van der Waals surface area (Å²) < 4.78 is 27.7. The van der Waals surface area contributed by atoms with Crippen molar-refractivity contribution < 1.29 is 8.42 Å². The molecular formula is C13H18INO2S. The second kappa shape index (κ2) is 5.46. The van der Waals surface area contributed by atoms with Crippen LogP contribution >= 0.6 is 22.6 Å². The van der Waals surface area contributed by atoms with Gasteiger partial charge in [-0.05, 0) is 31.4 Å². The highest BCUT2D eigenvalue weighted by Gasteiger charge is 2.38. The number of benzene rings is 1. The Labute approximate surface area is 123 Å². The van der Waals surface area contributed by atoms with Crippen LogP contribution in [0.5, 0.6) is 0 Å². The molecule has 1 aliphatic heterocycles. The molecule has 1 aromatic carbocycles. The van der Waals surface area contributed by atoms with Gasteiger partial charge in [0.1, 0.15) is 0 Å². The summed E-state index contributed by atoms with van der Waals surface area (Å²) in [6.45, 7) is 4.74. The second-order valence-corrected chi connectivity index (χ2v) is 7.69. The predicted molar refractivity (Wildman–Crippen MR) is 81.5 cm³/mol. The lowest BCUT2D eigenvalue weighted by molar-refractivity contribution is 0.380. The van der Waals surface area contributed by atoms with Gasteiger partial charge >= 0.3 is 0 Å². The van der Waals surface area contributed by atoms with E-state index in [2.05, 4.69) is 29.5 Å². The molecule has 1 fully saturated rings. The zero-order chi connectivity index (χ0) is 13.3. The molecule has 0 aromatic heterocycles. The van der Waals surface area contributed by atoms with Crippen LogP contribution in [0.3, 0.4) is 0 Å². The van der Waals surface area contributed by atoms with Crippen molar-refractivity contribution >= 4 is 32.6 Å². The Morgan fingerprint density at radius 3 is 2.50 bits per heavy atom. The third kappa shape index (κ3) is 2.58. The normalized spacial score (nSPS) is 25.5. The van der Waals surface area contributed by atoms with Gasteiger partial charge in [-0.2, -0.15) is 4.31 Å². The van der Waals surface area contributed by atoms with Gasteiger partial charge in [-0.3, -0.25) is 0 Å². The molecule has 1 aromatic rings. The molecule has 2 rings (SSSR count). The summed E-state index contributed by atoms with van der Waals surface area (Å²) in [7, 11) is -3.32. The molecule has 100 valence electrons. The summed E-state index contributed by atoms with van der Waals surface area (Å²) in [6.07, 6.45) is 0.957. The first-order valence-electron chi connectivity index (χ1n) is 6.11. The van der Waals surface area contributed by atoms with Crippen molar-refractivity contribution in [3.63, 3.8) is 0 Å². The van der Waals surface area contributed by atoms with E-state index in [0.717, 1.165) is 16.4 Å². The first-order valence-corrected chi connectivity index (χ1v) is 9.08. The maximum absolute atomic E-state index is 12.6. The fourth-order valence-electron chi connectivity index (χ4n) is 2.35. The molecule has 1 heterocycles. The molecule has 0 amide bonds. The fraction of sp³-hybridized carbons (Fsp3) is 0.538. The van der Waals surface area contributed by atoms with Gasteiger partial charge in [0.05, 0.1) is 4.90 Å². The Hall–Kier alpha value is -0.140. The maximum Gasteiger partial charge on any atom is 0.243 e. The summed E-state index contributed by atoms with van der Waals surface area (Å²) in [6, 6.07) is 7.25. The summed E-state index contributed by atoms with van der Waals surface area (Å²) in [5.41, 5.74) is 1.08. The molecule has 18 heavy (non-hydrogen) atoms. The van der Waals surface area contributed by atoms with Crippen molar-refractivity contribution in [2.24, 2.45) is 5.92 Å². The molecule has 0 unspecified atom stereocenters. The minimum Gasteiger partial charge on any atom is -0.207 e. The number of aryl methyl sites for hydroxylation is 1. The van der Waals surface area contributed by atoms with Gasteiger partial charge in [-0.15, -0.1) is 0 Å². The molecule has 1 saturated heterocycles. The van der Waals surface area contributed by atoms with Crippen molar-refractivity contribution in [3.05, 3.63) is 29.8 Å². The van der Waals surface area contributed by atoms with Crippen molar-refractivity contribution in [3.8, 4) is 0 Å². The standard InChI is InChI=1S/C13H18INO2S/c1-10-3-5-12(6-4-10)18(16,17)15-8-7-11(2)13(15)9-14/h3-6,11,13H,7-9H2,1-2H3/t11-,13+/m0/s1. The molecule has 0 saturated carbocycles. The van der Waals surface area contributed by atoms with Crippen LogP contribution in [0.2, 0.25) is 0 Å². The number of halogens is 1. The smallest absolute Gasteiger partial charge is 0.207 e. The highest BCUT2D eigenvalue weighted by molar-refractivity contribution is 14.1. The summed E-state index contributed by atoms with van der Waals surface area (Å²) in [5, 5.41) is 0. The van der Waals surface area contributed by atoms with Crippen LogP contribution in [0.1, 0.15) is 18.9 Å². The van der Waals surface area contributed by atoms with E-state index in [9.17, 15) is 8.42 Å². The first kappa shape index (κ1) is 14.3. The zero-order valence-corrected chi connectivity index (χ0v) is 13.6. The molecular weight excluding hydrogens is 361 g/mol. The SMILES string of the molecule is Cc1ccc(S(=O)(=O)N2CC[C@H](C)[C@H]2CI)cc1. The highest BCUT2D eigenvalue weighted by atomic mass is 127. The molecule has 0 bridgehead atoms. The largest absolute Gasteiger partial charge is 0.243 e. The van der Waals surface area contributed by atoms with Crippen LogP contribution in [0.25, 0.3) is 0 Å². The van der Waals surface area contributed by atoms with E-state index >= 15 is 0 Å². The lowest BCUT2D eigenvalue weighted by Gasteiger charge is -2.24. The number of sulfonamides is 1. The van der Waals surface area contributed by atoms with Gasteiger partial charge < -0.3 is 0 Å². The minimum atomic E-state index is -3.32. The fourth-order valence-corrected chi connectivity index (χ4v) is 5.69. The van der Waals surface area contributed by atoms with Gasteiger partial charge in [0.15, 0.2) is 0 Å². The van der Waals surface area contributed by atoms with Crippen LogP contribution in [-0.2, 0) is 10.0 Å². The van der Waals surface area contributed by atoms with Crippen molar-refractivity contribution in [1.29, 1.82) is 0 Å². The van der Waals surface area contributed by atoms with E-state index in [-0.39, 0.29) is 6.04 Å². The molecule has 5 heteroatoms. The van der Waals surface area contributed by atoms with E-state index in [1.807, 2.05) is 19.1 Å². The average Bonchev–Trinajstić information content (AvgIpc) is 2.71. The topological polar surface area (TPSA) is 37.4 Å². The van der Waals surface area contributed by atoms with Crippen LogP contribution in [0.4, 0.5) is 0 Å². The molecule has 0 spiro atoms. The number of rotatable bonds is 3. The number of nitrogens with zero attached hydrogens (tertiary/aromatic N) is 1. The van der Waals surface area contributed by atoms with Crippen molar-refractivity contribution in [2.75, 3.05) is 11.0 Å².